The zero-order chi connectivity index (χ0) is 8.93. The van der Waals surface area contributed by atoms with Crippen molar-refractivity contribution in [1.82, 2.24) is 20.4 Å². The van der Waals surface area contributed by atoms with E-state index in [1.54, 1.807) is 0 Å². The van der Waals surface area contributed by atoms with E-state index in [0.717, 1.165) is 38.5 Å². The van der Waals surface area contributed by atoms with Crippen LogP contribution in [-0.4, -0.2) is 41.2 Å². The lowest BCUT2D eigenvalue weighted by molar-refractivity contribution is 0.271. The lowest BCUT2D eigenvalue weighted by Crippen LogP contribution is -2.28. The lowest BCUT2D eigenvalue weighted by atomic mass is 10.4. The third-order valence-corrected chi connectivity index (χ3v) is 2.20. The van der Waals surface area contributed by atoms with Crippen molar-refractivity contribution in [2.45, 2.75) is 13.0 Å². The molecule has 0 unspecified atom stereocenters. The Morgan fingerprint density at radius 2 is 2.46 bits per heavy atom. The second-order valence-corrected chi connectivity index (χ2v) is 3.23. The first-order valence-electron chi connectivity index (χ1n) is 4.63. The van der Waals surface area contributed by atoms with E-state index in [4.69, 9.17) is 0 Å². The second kappa shape index (κ2) is 4.34. The van der Waals surface area contributed by atoms with Crippen LogP contribution in [0.2, 0.25) is 0 Å². The van der Waals surface area contributed by atoms with E-state index in [1.165, 1.54) is 12.8 Å². The van der Waals surface area contributed by atoms with E-state index in [2.05, 4.69) is 24.9 Å². The highest BCUT2D eigenvalue weighted by molar-refractivity contribution is 4.79. The third kappa shape index (κ3) is 2.50. The zero-order valence-corrected chi connectivity index (χ0v) is 7.57. The Kier molecular flexibility index (Phi) is 2.89. The van der Waals surface area contributed by atoms with Gasteiger partial charge in [0.1, 0.15) is 0 Å². The largest absolute Gasteiger partial charge is 0.343 e. The Labute approximate surface area is 77.1 Å². The molecule has 0 aromatic carbocycles. The Bertz CT molecular complexity index is 228. The fraction of sp³-hybridized carbons (Fsp3) is 0.750. The van der Waals surface area contributed by atoms with Crippen molar-refractivity contribution < 1.29 is 4.52 Å². The summed E-state index contributed by atoms with van der Waals surface area (Å²) in [5.41, 5.74) is 0. The Hall–Kier alpha value is -0.940. The van der Waals surface area contributed by atoms with Crippen LogP contribution in [-0.2, 0) is 6.54 Å². The summed E-state index contributed by atoms with van der Waals surface area (Å²) in [4.78, 5) is 6.34. The van der Waals surface area contributed by atoms with Crippen LogP contribution < -0.4 is 5.32 Å². The van der Waals surface area contributed by atoms with Crippen LogP contribution in [0, 0.1) is 0 Å². The van der Waals surface area contributed by atoms with Crippen LogP contribution in [0.1, 0.15) is 12.2 Å². The van der Waals surface area contributed by atoms with Crippen molar-refractivity contribution in [1.29, 1.82) is 0 Å². The predicted octanol–water partition coefficient (Wildman–Crippen LogP) is -0.135. The predicted molar refractivity (Wildman–Crippen MR) is 47.1 cm³/mol. The summed E-state index contributed by atoms with van der Waals surface area (Å²) >= 11 is 0. The molecule has 0 amide bonds. The van der Waals surface area contributed by atoms with Gasteiger partial charge in [0, 0.05) is 13.1 Å². The average Bonchev–Trinajstić information content (AvgIpc) is 2.49. The van der Waals surface area contributed by atoms with Crippen LogP contribution in [0.25, 0.3) is 0 Å². The van der Waals surface area contributed by atoms with Gasteiger partial charge in [-0.05, 0) is 19.5 Å². The molecule has 0 saturated carbocycles. The van der Waals surface area contributed by atoms with Gasteiger partial charge < -0.3 is 9.84 Å². The zero-order valence-electron chi connectivity index (χ0n) is 7.57. The van der Waals surface area contributed by atoms with Crippen molar-refractivity contribution in [3.63, 3.8) is 0 Å². The molecule has 0 aliphatic carbocycles. The molecule has 0 spiro atoms. The van der Waals surface area contributed by atoms with Gasteiger partial charge in [0.2, 0.25) is 6.39 Å². The molecule has 0 bridgehead atoms. The maximum atomic E-state index is 4.68. The molecule has 1 aromatic heterocycles. The molecule has 0 radical (unpaired) electrons. The fourth-order valence-electron chi connectivity index (χ4n) is 1.52. The summed E-state index contributed by atoms with van der Waals surface area (Å²) in [6.45, 7) is 5.15. The molecular formula is C8H14N4O. The van der Waals surface area contributed by atoms with Crippen LogP contribution in [0.15, 0.2) is 10.9 Å². The van der Waals surface area contributed by atoms with Gasteiger partial charge in [-0.15, -0.1) is 0 Å². The average molecular weight is 182 g/mol. The van der Waals surface area contributed by atoms with Crippen LogP contribution in [0.3, 0.4) is 0 Å². The molecule has 1 fully saturated rings. The summed E-state index contributed by atoms with van der Waals surface area (Å²) in [6, 6.07) is 0. The van der Waals surface area contributed by atoms with Gasteiger partial charge in [-0.25, -0.2) is 0 Å². The minimum Gasteiger partial charge on any atom is -0.343 e. The minimum absolute atomic E-state index is 0.780. The topological polar surface area (TPSA) is 54.2 Å². The summed E-state index contributed by atoms with van der Waals surface area (Å²) in [5.74, 6) is 0.780. The smallest absolute Gasteiger partial charge is 0.213 e. The number of rotatable bonds is 2. The molecule has 72 valence electrons. The molecular weight excluding hydrogens is 168 g/mol. The molecule has 13 heavy (non-hydrogen) atoms. The van der Waals surface area contributed by atoms with E-state index in [9.17, 15) is 0 Å². The molecule has 5 nitrogen and oxygen atoms in total. The van der Waals surface area contributed by atoms with Crippen molar-refractivity contribution in [2.75, 3.05) is 26.2 Å². The number of hydrogen-bond acceptors (Lipinski definition) is 5. The minimum atomic E-state index is 0.780. The van der Waals surface area contributed by atoms with Gasteiger partial charge in [0.25, 0.3) is 0 Å². The maximum Gasteiger partial charge on any atom is 0.213 e. The summed E-state index contributed by atoms with van der Waals surface area (Å²) < 4.78 is 4.68. The van der Waals surface area contributed by atoms with E-state index in [0.29, 0.717) is 0 Å². The van der Waals surface area contributed by atoms with Gasteiger partial charge in [-0.1, -0.05) is 5.16 Å². The first-order chi connectivity index (χ1) is 6.45. The van der Waals surface area contributed by atoms with Crippen LogP contribution >= 0.6 is 0 Å². The molecule has 1 aliphatic rings. The Balaban J connectivity index is 1.86. The maximum absolute atomic E-state index is 4.68. The molecule has 1 aromatic rings. The highest BCUT2D eigenvalue weighted by Crippen LogP contribution is 2.00. The first kappa shape index (κ1) is 8.65. The first-order valence-corrected chi connectivity index (χ1v) is 4.63. The molecule has 5 heteroatoms. The van der Waals surface area contributed by atoms with Crippen molar-refractivity contribution in [3.8, 4) is 0 Å². The van der Waals surface area contributed by atoms with Gasteiger partial charge in [0.05, 0.1) is 6.54 Å². The quantitative estimate of drug-likeness (QED) is 0.690. The second-order valence-electron chi connectivity index (χ2n) is 3.23. The fourth-order valence-corrected chi connectivity index (χ4v) is 1.52. The van der Waals surface area contributed by atoms with E-state index in [-0.39, 0.29) is 0 Å². The Morgan fingerprint density at radius 1 is 1.46 bits per heavy atom. The number of aromatic nitrogens is 2. The molecule has 1 saturated heterocycles. The van der Waals surface area contributed by atoms with Gasteiger partial charge >= 0.3 is 0 Å². The van der Waals surface area contributed by atoms with Crippen LogP contribution in [0.4, 0.5) is 0 Å². The van der Waals surface area contributed by atoms with Crippen molar-refractivity contribution in [2.24, 2.45) is 0 Å². The summed E-state index contributed by atoms with van der Waals surface area (Å²) in [5, 5.41) is 7.14. The van der Waals surface area contributed by atoms with Crippen molar-refractivity contribution >= 4 is 0 Å². The third-order valence-electron chi connectivity index (χ3n) is 2.20. The Morgan fingerprint density at radius 3 is 3.31 bits per heavy atom. The molecule has 2 heterocycles. The number of nitrogens with zero attached hydrogens (tertiary/aromatic N) is 3. The summed E-state index contributed by atoms with van der Waals surface area (Å²) in [6.07, 6.45) is 2.57. The van der Waals surface area contributed by atoms with Crippen LogP contribution in [0.5, 0.6) is 0 Å². The van der Waals surface area contributed by atoms with E-state index in [1.807, 2.05) is 0 Å². The molecule has 2 rings (SSSR count). The standard InChI is InChI=1S/C8H14N4O/c1-2-9-3-5-12(4-1)6-8-10-7-13-11-8/h7,9H,1-6H2. The normalized spacial score (nSPS) is 20.0. The van der Waals surface area contributed by atoms with E-state index < -0.39 is 0 Å². The highest BCUT2D eigenvalue weighted by Gasteiger charge is 2.10. The van der Waals surface area contributed by atoms with E-state index >= 15 is 0 Å². The van der Waals surface area contributed by atoms with Gasteiger partial charge in [-0.3, -0.25) is 4.90 Å². The van der Waals surface area contributed by atoms with Crippen molar-refractivity contribution in [3.05, 3.63) is 12.2 Å². The number of hydrogen-bond donors (Lipinski definition) is 1. The highest BCUT2D eigenvalue weighted by atomic mass is 16.5. The SMILES string of the molecule is c1nc(CN2CCCNCC2)no1. The monoisotopic (exact) mass is 182 g/mol. The molecule has 1 N–H and O–H groups in total. The van der Waals surface area contributed by atoms with Gasteiger partial charge in [-0.2, -0.15) is 4.98 Å². The summed E-state index contributed by atoms with van der Waals surface area (Å²) in [7, 11) is 0. The lowest BCUT2D eigenvalue weighted by Gasteiger charge is -2.16. The molecule has 0 atom stereocenters. The van der Waals surface area contributed by atoms with Gasteiger partial charge in [0.15, 0.2) is 5.82 Å². The molecule has 1 aliphatic heterocycles. The number of nitrogens with one attached hydrogen (secondary N) is 1.